The van der Waals surface area contributed by atoms with E-state index in [4.69, 9.17) is 4.74 Å². The molecule has 9 heteroatoms. The van der Waals surface area contributed by atoms with Gasteiger partial charge in [0.05, 0.1) is 10.6 Å². The Morgan fingerprint density at radius 1 is 1.13 bits per heavy atom. The largest absolute Gasteiger partial charge is 0.482 e. The van der Waals surface area contributed by atoms with Crippen LogP contribution in [0.2, 0.25) is 0 Å². The second-order valence-electron chi connectivity index (χ2n) is 8.51. The third-order valence-electron chi connectivity index (χ3n) is 6.42. The average molecular weight is 436 g/mol. The summed E-state index contributed by atoms with van der Waals surface area (Å²) < 4.78 is 33.4. The first kappa shape index (κ1) is 21.1. The molecule has 1 aromatic rings. The van der Waals surface area contributed by atoms with Crippen molar-refractivity contribution in [3.05, 3.63) is 17.7 Å². The quantitative estimate of drug-likeness (QED) is 0.785. The zero-order chi connectivity index (χ0) is 21.5. The number of anilines is 1. The van der Waals surface area contributed by atoms with Gasteiger partial charge in [0.1, 0.15) is 5.75 Å². The van der Waals surface area contributed by atoms with Crippen LogP contribution in [0.3, 0.4) is 0 Å². The van der Waals surface area contributed by atoms with Crippen molar-refractivity contribution in [3.8, 4) is 5.75 Å². The van der Waals surface area contributed by atoms with E-state index >= 15 is 0 Å². The number of likely N-dealkylation sites (tertiary alicyclic amines) is 1. The number of fused-ring (bicyclic) bond motifs is 1. The zero-order valence-corrected chi connectivity index (χ0v) is 18.3. The van der Waals surface area contributed by atoms with E-state index in [1.807, 2.05) is 4.90 Å². The molecular weight excluding hydrogens is 406 g/mol. The summed E-state index contributed by atoms with van der Waals surface area (Å²) in [6.45, 7) is 5.15. The van der Waals surface area contributed by atoms with Crippen LogP contribution in [0.1, 0.15) is 44.6 Å². The number of carbonyl (C=O) groups excluding carboxylic acids is 2. The molecule has 0 bridgehead atoms. The minimum atomic E-state index is -3.71. The number of carbonyl (C=O) groups is 2. The summed E-state index contributed by atoms with van der Waals surface area (Å²) in [4.78, 5) is 26.6. The highest BCUT2D eigenvalue weighted by Crippen LogP contribution is 2.35. The number of rotatable bonds is 3. The molecular formula is C21H29N3O5S. The monoisotopic (exact) mass is 435 g/mol. The number of nitrogens with one attached hydrogen (secondary N) is 1. The van der Waals surface area contributed by atoms with Gasteiger partial charge in [0.25, 0.3) is 5.91 Å². The van der Waals surface area contributed by atoms with E-state index in [9.17, 15) is 18.0 Å². The van der Waals surface area contributed by atoms with Crippen molar-refractivity contribution in [1.82, 2.24) is 9.21 Å². The first-order chi connectivity index (χ1) is 14.3. The summed E-state index contributed by atoms with van der Waals surface area (Å²) in [7, 11) is -3.71. The van der Waals surface area contributed by atoms with Crippen molar-refractivity contribution in [2.24, 2.45) is 5.92 Å². The van der Waals surface area contributed by atoms with Crippen LogP contribution in [-0.4, -0.2) is 61.7 Å². The molecule has 0 saturated carbocycles. The molecule has 0 radical (unpaired) electrons. The van der Waals surface area contributed by atoms with Gasteiger partial charge in [-0.2, -0.15) is 4.31 Å². The van der Waals surface area contributed by atoms with Crippen LogP contribution in [0, 0.1) is 12.8 Å². The lowest BCUT2D eigenvalue weighted by Gasteiger charge is -2.38. The van der Waals surface area contributed by atoms with Crippen molar-refractivity contribution < 1.29 is 22.7 Å². The van der Waals surface area contributed by atoms with Gasteiger partial charge in [0, 0.05) is 37.7 Å². The highest BCUT2D eigenvalue weighted by molar-refractivity contribution is 7.89. The molecule has 0 spiro atoms. The maximum atomic E-state index is 13.3. The molecule has 164 valence electrons. The Morgan fingerprint density at radius 2 is 1.87 bits per heavy atom. The fraction of sp³-hybridized carbons (Fsp3) is 0.619. The molecule has 2 amide bonds. The Balaban J connectivity index is 1.47. The maximum Gasteiger partial charge on any atom is 0.262 e. The van der Waals surface area contributed by atoms with Crippen molar-refractivity contribution >= 4 is 27.5 Å². The van der Waals surface area contributed by atoms with E-state index in [0.29, 0.717) is 42.9 Å². The van der Waals surface area contributed by atoms with Gasteiger partial charge in [0.2, 0.25) is 15.9 Å². The Kier molecular flexibility index (Phi) is 5.76. The van der Waals surface area contributed by atoms with E-state index in [1.54, 1.807) is 13.0 Å². The number of aryl methyl sites for hydroxylation is 1. The van der Waals surface area contributed by atoms with Crippen LogP contribution in [0.15, 0.2) is 17.0 Å². The third kappa shape index (κ3) is 3.92. The van der Waals surface area contributed by atoms with Gasteiger partial charge in [-0.25, -0.2) is 8.42 Å². The van der Waals surface area contributed by atoms with Crippen molar-refractivity contribution in [2.75, 3.05) is 31.6 Å². The summed E-state index contributed by atoms with van der Waals surface area (Å²) in [6.07, 6.45) is 4.33. The van der Waals surface area contributed by atoms with Crippen molar-refractivity contribution in [3.63, 3.8) is 0 Å². The molecule has 1 aromatic carbocycles. The van der Waals surface area contributed by atoms with Gasteiger partial charge in [0.15, 0.2) is 6.61 Å². The maximum absolute atomic E-state index is 13.3. The second-order valence-corrected chi connectivity index (χ2v) is 10.4. The molecule has 0 unspecified atom stereocenters. The molecule has 0 aliphatic carbocycles. The van der Waals surface area contributed by atoms with Crippen LogP contribution in [0.4, 0.5) is 5.69 Å². The fourth-order valence-electron chi connectivity index (χ4n) is 4.64. The predicted octanol–water partition coefficient (Wildman–Crippen LogP) is 2.13. The molecule has 3 heterocycles. The number of piperidine rings is 2. The van der Waals surface area contributed by atoms with Crippen LogP contribution in [-0.2, 0) is 19.6 Å². The fourth-order valence-corrected chi connectivity index (χ4v) is 6.33. The first-order valence-electron chi connectivity index (χ1n) is 10.7. The van der Waals surface area contributed by atoms with Crippen LogP contribution in [0.5, 0.6) is 5.75 Å². The lowest BCUT2D eigenvalue weighted by Crippen LogP contribution is -2.48. The van der Waals surface area contributed by atoms with E-state index in [1.165, 1.54) is 10.4 Å². The number of nitrogens with zero attached hydrogens (tertiary/aromatic N) is 2. The van der Waals surface area contributed by atoms with Gasteiger partial charge in [-0.15, -0.1) is 0 Å². The highest BCUT2D eigenvalue weighted by atomic mass is 32.2. The van der Waals surface area contributed by atoms with Gasteiger partial charge >= 0.3 is 0 Å². The zero-order valence-electron chi connectivity index (χ0n) is 17.5. The Hall–Kier alpha value is -2.13. The van der Waals surface area contributed by atoms with Crippen LogP contribution < -0.4 is 10.1 Å². The number of hydrogen-bond acceptors (Lipinski definition) is 5. The van der Waals surface area contributed by atoms with Crippen molar-refractivity contribution in [2.45, 2.75) is 56.9 Å². The molecule has 4 rings (SSSR count). The summed E-state index contributed by atoms with van der Waals surface area (Å²) in [5, 5.41) is 2.70. The standard InChI is InChI=1S/C21H29N3O5S/c1-14-11-17-18(29-13-20(25)22-17)12-19(14)30(27,28)23-9-6-16(7-10-23)21(26)24-8-4-3-5-15(24)2/h11-12,15-16H,3-10,13H2,1-2H3,(H,22,25)/t15-/m1/s1. The number of amides is 2. The summed E-state index contributed by atoms with van der Waals surface area (Å²) in [5.74, 6) is 0.170. The predicted molar refractivity (Wildman–Crippen MR) is 112 cm³/mol. The van der Waals surface area contributed by atoms with E-state index in [0.717, 1.165) is 25.8 Å². The van der Waals surface area contributed by atoms with E-state index in [-0.39, 0.29) is 35.3 Å². The Labute approximate surface area is 177 Å². The summed E-state index contributed by atoms with van der Waals surface area (Å²) >= 11 is 0. The number of benzene rings is 1. The lowest BCUT2D eigenvalue weighted by atomic mass is 9.94. The normalized spacial score (nSPS) is 23.5. The molecule has 1 atom stereocenters. The number of ether oxygens (including phenoxy) is 1. The van der Waals surface area contributed by atoms with Gasteiger partial charge < -0.3 is 15.0 Å². The van der Waals surface area contributed by atoms with Gasteiger partial charge in [-0.05, 0) is 57.6 Å². The lowest BCUT2D eigenvalue weighted by molar-refractivity contribution is -0.140. The molecule has 0 aromatic heterocycles. The minimum absolute atomic E-state index is 0.111. The molecule has 3 aliphatic heterocycles. The van der Waals surface area contributed by atoms with Crippen molar-refractivity contribution in [1.29, 1.82) is 0 Å². The molecule has 2 saturated heterocycles. The van der Waals surface area contributed by atoms with Gasteiger partial charge in [-0.3, -0.25) is 9.59 Å². The summed E-state index contributed by atoms with van der Waals surface area (Å²) in [5.41, 5.74) is 1.04. The average Bonchev–Trinajstić information content (AvgIpc) is 2.73. The highest BCUT2D eigenvalue weighted by Gasteiger charge is 2.36. The number of sulfonamides is 1. The SMILES string of the molecule is Cc1cc2c(cc1S(=O)(=O)N1CCC(C(=O)N3CCCC[C@H]3C)CC1)OCC(=O)N2. The molecule has 8 nitrogen and oxygen atoms in total. The third-order valence-corrected chi connectivity index (χ3v) is 8.46. The second kappa shape index (κ2) is 8.19. The topological polar surface area (TPSA) is 96.0 Å². The molecule has 3 aliphatic rings. The Bertz CT molecular complexity index is 954. The minimum Gasteiger partial charge on any atom is -0.482 e. The van der Waals surface area contributed by atoms with Crippen LogP contribution >= 0.6 is 0 Å². The number of hydrogen-bond donors (Lipinski definition) is 1. The Morgan fingerprint density at radius 3 is 2.57 bits per heavy atom. The van der Waals surface area contributed by atoms with E-state index in [2.05, 4.69) is 12.2 Å². The first-order valence-corrected chi connectivity index (χ1v) is 12.1. The van der Waals surface area contributed by atoms with E-state index < -0.39 is 10.0 Å². The smallest absolute Gasteiger partial charge is 0.262 e. The molecule has 30 heavy (non-hydrogen) atoms. The molecule has 1 N–H and O–H groups in total. The molecule has 2 fully saturated rings. The summed E-state index contributed by atoms with van der Waals surface area (Å²) in [6, 6.07) is 3.39. The van der Waals surface area contributed by atoms with Gasteiger partial charge in [-0.1, -0.05) is 0 Å². The van der Waals surface area contributed by atoms with Crippen LogP contribution in [0.25, 0.3) is 0 Å².